The summed E-state index contributed by atoms with van der Waals surface area (Å²) in [6, 6.07) is 9.47. The number of hydrogen-bond donors (Lipinski definition) is 1. The van der Waals surface area contributed by atoms with Gasteiger partial charge in [-0.05, 0) is 38.2 Å². The number of carboxylic acid groups (broad SMARTS) is 1. The van der Waals surface area contributed by atoms with E-state index in [-0.39, 0.29) is 0 Å². The van der Waals surface area contributed by atoms with Gasteiger partial charge in [0.1, 0.15) is 5.41 Å². The van der Waals surface area contributed by atoms with Gasteiger partial charge in [-0.3, -0.25) is 4.79 Å². The minimum Gasteiger partial charge on any atom is -0.480 e. The molecule has 1 aliphatic carbocycles. The zero-order valence-electron chi connectivity index (χ0n) is 10.1. The van der Waals surface area contributed by atoms with E-state index in [9.17, 15) is 9.90 Å². The second-order valence-corrected chi connectivity index (χ2v) is 4.88. The molecule has 1 unspecified atom stereocenters. The Hall–Kier alpha value is -1.57. The molecule has 17 heavy (non-hydrogen) atoms. The number of carboxylic acids is 1. The van der Waals surface area contributed by atoms with Crippen molar-refractivity contribution in [3.8, 4) is 0 Å². The van der Waals surface area contributed by atoms with Crippen molar-refractivity contribution in [3.05, 3.63) is 47.5 Å². The quantitative estimate of drug-likeness (QED) is 0.806. The minimum atomic E-state index is -0.888. The van der Waals surface area contributed by atoms with Gasteiger partial charge >= 0.3 is 5.97 Å². The number of benzene rings is 1. The third-order valence-electron chi connectivity index (χ3n) is 3.56. The lowest BCUT2D eigenvalue weighted by atomic mass is 9.80. The standard InChI is InChI=1S/C15H18O2/c1-15(14(16)17,11-12-7-5-6-8-12)13-9-3-2-4-10-13/h2-4,9-11H,5-8H2,1H3,(H,16,17). The molecule has 1 saturated carbocycles. The van der Waals surface area contributed by atoms with Crippen molar-refractivity contribution < 1.29 is 9.90 Å². The first kappa shape index (κ1) is 11.9. The van der Waals surface area contributed by atoms with Gasteiger partial charge < -0.3 is 5.11 Å². The van der Waals surface area contributed by atoms with Crippen molar-refractivity contribution in [2.24, 2.45) is 0 Å². The number of carbonyl (C=O) groups is 1. The zero-order chi connectivity index (χ0) is 12.3. The van der Waals surface area contributed by atoms with Gasteiger partial charge in [-0.15, -0.1) is 0 Å². The fourth-order valence-corrected chi connectivity index (χ4v) is 2.43. The first-order valence-electron chi connectivity index (χ1n) is 6.12. The van der Waals surface area contributed by atoms with E-state index in [4.69, 9.17) is 0 Å². The van der Waals surface area contributed by atoms with Crippen LogP contribution in [0.4, 0.5) is 0 Å². The first-order chi connectivity index (χ1) is 8.13. The summed E-state index contributed by atoms with van der Waals surface area (Å²) in [6.07, 6.45) is 6.44. The van der Waals surface area contributed by atoms with Crippen LogP contribution in [0.15, 0.2) is 42.0 Å². The highest BCUT2D eigenvalue weighted by Crippen LogP contribution is 2.32. The maximum atomic E-state index is 11.6. The molecule has 1 aromatic rings. The molecule has 90 valence electrons. The van der Waals surface area contributed by atoms with Gasteiger partial charge in [-0.1, -0.05) is 42.0 Å². The van der Waals surface area contributed by atoms with Crippen molar-refractivity contribution in [2.75, 3.05) is 0 Å². The molecule has 1 N–H and O–H groups in total. The highest BCUT2D eigenvalue weighted by Gasteiger charge is 2.33. The first-order valence-corrected chi connectivity index (χ1v) is 6.12. The van der Waals surface area contributed by atoms with E-state index in [1.807, 2.05) is 36.4 Å². The van der Waals surface area contributed by atoms with Gasteiger partial charge in [0.05, 0.1) is 0 Å². The van der Waals surface area contributed by atoms with Crippen molar-refractivity contribution in [3.63, 3.8) is 0 Å². The van der Waals surface area contributed by atoms with E-state index in [2.05, 4.69) is 0 Å². The monoisotopic (exact) mass is 230 g/mol. The summed E-state index contributed by atoms with van der Waals surface area (Å²) in [5.41, 5.74) is 1.26. The van der Waals surface area contributed by atoms with E-state index in [0.29, 0.717) is 0 Å². The summed E-state index contributed by atoms with van der Waals surface area (Å²) in [6.45, 7) is 1.79. The Labute approximate surface area is 102 Å². The van der Waals surface area contributed by atoms with Crippen molar-refractivity contribution >= 4 is 5.97 Å². The Bertz CT molecular complexity index is 425. The van der Waals surface area contributed by atoms with Crippen LogP contribution in [0.5, 0.6) is 0 Å². The Morgan fingerprint density at radius 2 is 1.82 bits per heavy atom. The molecule has 0 bridgehead atoms. The van der Waals surface area contributed by atoms with Gasteiger partial charge in [0.15, 0.2) is 0 Å². The average molecular weight is 230 g/mol. The summed E-state index contributed by atoms with van der Waals surface area (Å²) in [5, 5.41) is 9.50. The van der Waals surface area contributed by atoms with E-state index in [1.54, 1.807) is 6.92 Å². The van der Waals surface area contributed by atoms with Gasteiger partial charge in [0.2, 0.25) is 0 Å². The summed E-state index contributed by atoms with van der Waals surface area (Å²) >= 11 is 0. The second-order valence-electron chi connectivity index (χ2n) is 4.88. The largest absolute Gasteiger partial charge is 0.480 e. The van der Waals surface area contributed by atoms with Crippen LogP contribution >= 0.6 is 0 Å². The van der Waals surface area contributed by atoms with E-state index >= 15 is 0 Å². The summed E-state index contributed by atoms with van der Waals surface area (Å²) in [7, 11) is 0. The van der Waals surface area contributed by atoms with Crippen LogP contribution in [0, 0.1) is 0 Å². The smallest absolute Gasteiger partial charge is 0.317 e. The lowest BCUT2D eigenvalue weighted by molar-refractivity contribution is -0.141. The molecule has 0 saturated heterocycles. The van der Waals surface area contributed by atoms with E-state index in [0.717, 1.165) is 18.4 Å². The van der Waals surface area contributed by atoms with Crippen molar-refractivity contribution in [1.82, 2.24) is 0 Å². The molecule has 2 nitrogen and oxygen atoms in total. The summed E-state index contributed by atoms with van der Waals surface area (Å²) < 4.78 is 0. The number of hydrogen-bond acceptors (Lipinski definition) is 1. The molecule has 1 fully saturated rings. The van der Waals surface area contributed by atoms with Gasteiger partial charge in [-0.2, -0.15) is 0 Å². The van der Waals surface area contributed by atoms with Crippen LogP contribution in [0.25, 0.3) is 0 Å². The summed E-state index contributed by atoms with van der Waals surface area (Å²) in [4.78, 5) is 11.6. The SMILES string of the molecule is CC(C=C1CCCC1)(C(=O)O)c1ccccc1. The molecule has 0 radical (unpaired) electrons. The topological polar surface area (TPSA) is 37.3 Å². The number of rotatable bonds is 3. The number of aliphatic carboxylic acids is 1. The Morgan fingerprint density at radius 1 is 1.24 bits per heavy atom. The van der Waals surface area contributed by atoms with E-state index < -0.39 is 11.4 Å². The maximum Gasteiger partial charge on any atom is 0.317 e. The molecule has 0 aliphatic heterocycles. The van der Waals surface area contributed by atoms with Crippen LogP contribution in [0.1, 0.15) is 38.2 Å². The molecule has 0 aromatic heterocycles. The van der Waals surface area contributed by atoms with Crippen LogP contribution in [0.2, 0.25) is 0 Å². The third kappa shape index (κ3) is 2.41. The van der Waals surface area contributed by atoms with Crippen LogP contribution < -0.4 is 0 Å². The lowest BCUT2D eigenvalue weighted by Crippen LogP contribution is -2.30. The predicted molar refractivity (Wildman–Crippen MR) is 68.0 cm³/mol. The predicted octanol–water partition coefficient (Wildman–Crippen LogP) is 3.53. The molecule has 1 aromatic carbocycles. The maximum absolute atomic E-state index is 11.6. The van der Waals surface area contributed by atoms with Gasteiger partial charge in [0, 0.05) is 0 Å². The third-order valence-corrected chi connectivity index (χ3v) is 3.56. The van der Waals surface area contributed by atoms with Crippen LogP contribution in [0.3, 0.4) is 0 Å². The molecule has 2 rings (SSSR count). The van der Waals surface area contributed by atoms with Crippen molar-refractivity contribution in [1.29, 1.82) is 0 Å². The Balaban J connectivity index is 2.39. The molecular weight excluding hydrogens is 212 g/mol. The van der Waals surface area contributed by atoms with Gasteiger partial charge in [-0.25, -0.2) is 0 Å². The lowest BCUT2D eigenvalue weighted by Gasteiger charge is -2.22. The number of allylic oxidation sites excluding steroid dienone is 1. The molecule has 1 aliphatic rings. The Kier molecular flexibility index (Phi) is 3.32. The molecule has 1 atom stereocenters. The average Bonchev–Trinajstić information content (AvgIpc) is 2.82. The van der Waals surface area contributed by atoms with Crippen molar-refractivity contribution in [2.45, 2.75) is 38.0 Å². The summed E-state index contributed by atoms with van der Waals surface area (Å²) in [5.74, 6) is -0.775. The fraction of sp³-hybridized carbons (Fsp3) is 0.400. The molecule has 0 heterocycles. The normalized spacial score (nSPS) is 18.8. The second kappa shape index (κ2) is 4.74. The highest BCUT2D eigenvalue weighted by atomic mass is 16.4. The molecule has 0 amide bonds. The fourth-order valence-electron chi connectivity index (χ4n) is 2.43. The minimum absolute atomic E-state index is 0.775. The molecule has 0 spiro atoms. The van der Waals surface area contributed by atoms with Gasteiger partial charge in [0.25, 0.3) is 0 Å². The van der Waals surface area contributed by atoms with E-state index in [1.165, 1.54) is 18.4 Å². The zero-order valence-corrected chi connectivity index (χ0v) is 10.1. The highest BCUT2D eigenvalue weighted by molar-refractivity contribution is 5.83. The van der Waals surface area contributed by atoms with Crippen LogP contribution in [-0.4, -0.2) is 11.1 Å². The molecule has 2 heteroatoms. The Morgan fingerprint density at radius 3 is 2.35 bits per heavy atom. The molecular formula is C15H18O2. The van der Waals surface area contributed by atoms with Crippen LogP contribution in [-0.2, 0) is 10.2 Å².